The maximum Gasteiger partial charge on any atom is 0.243 e. The standard InChI is InChI=1S/C28H32N2O4S2/c1-5-29(6-2)35(31,32)22-14-16-24-25-17-15-23(36(33,34)30(7-3)8-4)20-28(25)26(27(24)19-22)18-21-12-10-9-11-13-21/h9-20H,5-8H2,1-4H3. The van der Waals surface area contributed by atoms with Crippen molar-refractivity contribution in [2.75, 3.05) is 26.2 Å². The molecule has 8 heteroatoms. The minimum atomic E-state index is -3.65. The molecule has 0 unspecified atom stereocenters. The Morgan fingerprint density at radius 2 is 1.00 bits per heavy atom. The van der Waals surface area contributed by atoms with Crippen molar-refractivity contribution in [1.82, 2.24) is 8.61 Å². The lowest BCUT2D eigenvalue weighted by Crippen LogP contribution is -2.30. The van der Waals surface area contributed by atoms with Crippen LogP contribution >= 0.6 is 0 Å². The molecular formula is C28H32N2O4S2. The zero-order chi connectivity index (χ0) is 26.1. The number of hydrogen-bond acceptors (Lipinski definition) is 4. The lowest BCUT2D eigenvalue weighted by Gasteiger charge is -2.19. The number of hydrogen-bond donors (Lipinski definition) is 0. The number of rotatable bonds is 9. The topological polar surface area (TPSA) is 74.8 Å². The summed E-state index contributed by atoms with van der Waals surface area (Å²) in [5.41, 5.74) is 5.08. The Kier molecular flexibility index (Phi) is 7.52. The summed E-state index contributed by atoms with van der Waals surface area (Å²) in [6, 6.07) is 20.1. The van der Waals surface area contributed by atoms with Gasteiger partial charge in [0.15, 0.2) is 0 Å². The highest BCUT2D eigenvalue weighted by Gasteiger charge is 2.30. The molecule has 6 nitrogen and oxygen atoms in total. The van der Waals surface area contributed by atoms with Gasteiger partial charge in [-0.05, 0) is 63.7 Å². The minimum Gasteiger partial charge on any atom is -0.207 e. The fraction of sp³-hybridized carbons (Fsp3) is 0.286. The molecule has 0 heterocycles. The van der Waals surface area contributed by atoms with Gasteiger partial charge in [0.05, 0.1) is 9.79 Å². The molecular weight excluding hydrogens is 492 g/mol. The van der Waals surface area contributed by atoms with E-state index in [0.717, 1.165) is 33.4 Å². The molecule has 0 N–H and O–H groups in total. The second-order valence-corrected chi connectivity index (χ2v) is 12.4. The molecule has 0 bridgehead atoms. The average molecular weight is 525 g/mol. The third kappa shape index (κ3) is 4.54. The molecule has 1 aliphatic rings. The van der Waals surface area contributed by atoms with E-state index in [4.69, 9.17) is 0 Å². The number of benzene rings is 3. The SMILES string of the molecule is CCN(CC)S(=O)(=O)c1ccc2c(c1)C(=Cc1ccccc1)c1cc(S(=O)(=O)N(CC)CC)ccc1-2. The van der Waals surface area contributed by atoms with Gasteiger partial charge in [-0.2, -0.15) is 8.61 Å². The predicted octanol–water partition coefficient (Wildman–Crippen LogP) is 5.32. The summed E-state index contributed by atoms with van der Waals surface area (Å²) < 4.78 is 56.0. The van der Waals surface area contributed by atoms with Crippen LogP contribution < -0.4 is 0 Å². The molecule has 0 amide bonds. The molecule has 4 rings (SSSR count). The van der Waals surface area contributed by atoms with E-state index < -0.39 is 20.0 Å². The summed E-state index contributed by atoms with van der Waals surface area (Å²) in [7, 11) is -7.30. The van der Waals surface area contributed by atoms with E-state index in [9.17, 15) is 16.8 Å². The number of fused-ring (bicyclic) bond motifs is 3. The summed E-state index contributed by atoms with van der Waals surface area (Å²) in [5, 5.41) is 0. The fourth-order valence-electron chi connectivity index (χ4n) is 4.72. The van der Waals surface area contributed by atoms with Crippen LogP contribution in [0.4, 0.5) is 0 Å². The van der Waals surface area contributed by atoms with Crippen molar-refractivity contribution in [3.8, 4) is 11.1 Å². The van der Waals surface area contributed by atoms with Crippen molar-refractivity contribution in [2.45, 2.75) is 37.5 Å². The molecule has 0 aliphatic heterocycles. The number of sulfonamides is 2. The van der Waals surface area contributed by atoms with Crippen LogP contribution in [0.5, 0.6) is 0 Å². The van der Waals surface area contributed by atoms with Crippen LogP contribution in [0.1, 0.15) is 44.4 Å². The first-order valence-electron chi connectivity index (χ1n) is 12.2. The van der Waals surface area contributed by atoms with Gasteiger partial charge in [0.25, 0.3) is 0 Å². The van der Waals surface area contributed by atoms with Crippen LogP contribution in [0.25, 0.3) is 22.8 Å². The van der Waals surface area contributed by atoms with Crippen LogP contribution in [0.15, 0.2) is 76.5 Å². The summed E-state index contributed by atoms with van der Waals surface area (Å²) >= 11 is 0. The quantitative estimate of drug-likeness (QED) is 0.297. The van der Waals surface area contributed by atoms with Crippen LogP contribution in [0.2, 0.25) is 0 Å². The second-order valence-electron chi connectivity index (χ2n) is 8.56. The van der Waals surface area contributed by atoms with Crippen molar-refractivity contribution < 1.29 is 16.8 Å². The zero-order valence-corrected chi connectivity index (χ0v) is 22.7. The smallest absolute Gasteiger partial charge is 0.207 e. The van der Waals surface area contributed by atoms with Gasteiger partial charge in [-0.15, -0.1) is 0 Å². The molecule has 0 saturated carbocycles. The summed E-state index contributed by atoms with van der Waals surface area (Å²) in [6.45, 7) is 8.83. The van der Waals surface area contributed by atoms with Crippen molar-refractivity contribution in [3.63, 3.8) is 0 Å². The summed E-state index contributed by atoms with van der Waals surface area (Å²) in [5.74, 6) is 0. The first kappa shape index (κ1) is 26.3. The highest BCUT2D eigenvalue weighted by Crippen LogP contribution is 2.47. The van der Waals surface area contributed by atoms with E-state index in [2.05, 4.69) is 0 Å². The minimum absolute atomic E-state index is 0.229. The van der Waals surface area contributed by atoms with Crippen molar-refractivity contribution in [3.05, 3.63) is 83.4 Å². The molecule has 3 aromatic rings. The lowest BCUT2D eigenvalue weighted by atomic mass is 10.0. The Morgan fingerprint density at radius 1 is 0.583 bits per heavy atom. The summed E-state index contributed by atoms with van der Waals surface area (Å²) in [4.78, 5) is 0.459. The molecule has 36 heavy (non-hydrogen) atoms. The van der Waals surface area contributed by atoms with E-state index in [-0.39, 0.29) is 9.79 Å². The summed E-state index contributed by atoms with van der Waals surface area (Å²) in [6.07, 6.45) is 1.99. The van der Waals surface area contributed by atoms with Gasteiger partial charge in [-0.1, -0.05) is 70.2 Å². The van der Waals surface area contributed by atoms with Gasteiger partial charge < -0.3 is 0 Å². The Labute approximate surface area is 215 Å². The zero-order valence-electron chi connectivity index (χ0n) is 21.1. The van der Waals surface area contributed by atoms with E-state index in [1.54, 1.807) is 24.3 Å². The Hall–Kier alpha value is -2.78. The van der Waals surface area contributed by atoms with Crippen molar-refractivity contribution in [1.29, 1.82) is 0 Å². The van der Waals surface area contributed by atoms with Gasteiger partial charge in [0, 0.05) is 26.2 Å². The normalized spacial score (nSPS) is 13.2. The van der Waals surface area contributed by atoms with E-state index in [0.29, 0.717) is 26.2 Å². The molecule has 1 aliphatic carbocycles. The monoisotopic (exact) mass is 524 g/mol. The van der Waals surface area contributed by atoms with Gasteiger partial charge in [0.2, 0.25) is 20.0 Å². The van der Waals surface area contributed by atoms with Crippen LogP contribution in [-0.4, -0.2) is 51.6 Å². The second kappa shape index (κ2) is 10.3. The maximum absolute atomic E-state index is 13.3. The average Bonchev–Trinajstić information content (AvgIpc) is 3.18. The highest BCUT2D eigenvalue weighted by atomic mass is 32.2. The van der Waals surface area contributed by atoms with Crippen LogP contribution in [0.3, 0.4) is 0 Å². The Morgan fingerprint density at radius 3 is 1.39 bits per heavy atom. The predicted molar refractivity (Wildman–Crippen MR) is 146 cm³/mol. The van der Waals surface area contributed by atoms with Gasteiger partial charge >= 0.3 is 0 Å². The third-order valence-electron chi connectivity index (χ3n) is 6.65. The molecule has 0 saturated heterocycles. The van der Waals surface area contributed by atoms with Crippen molar-refractivity contribution >= 4 is 31.7 Å². The molecule has 0 spiro atoms. The molecule has 0 atom stereocenters. The lowest BCUT2D eigenvalue weighted by molar-refractivity contribution is 0.444. The Bertz CT molecular complexity index is 1410. The van der Waals surface area contributed by atoms with E-state index >= 15 is 0 Å². The van der Waals surface area contributed by atoms with Gasteiger partial charge in [0.1, 0.15) is 0 Å². The third-order valence-corrected chi connectivity index (χ3v) is 10.7. The largest absolute Gasteiger partial charge is 0.243 e. The van der Waals surface area contributed by atoms with E-state index in [1.165, 1.54) is 8.61 Å². The fourth-order valence-corrected chi connectivity index (χ4v) is 7.69. The maximum atomic E-state index is 13.3. The molecule has 0 fully saturated rings. The van der Waals surface area contributed by atoms with E-state index in [1.807, 2.05) is 76.2 Å². The van der Waals surface area contributed by atoms with Crippen LogP contribution in [-0.2, 0) is 20.0 Å². The Balaban J connectivity index is 1.94. The molecule has 0 radical (unpaired) electrons. The number of nitrogens with zero attached hydrogens (tertiary/aromatic N) is 2. The van der Waals surface area contributed by atoms with Crippen molar-refractivity contribution in [2.24, 2.45) is 0 Å². The van der Waals surface area contributed by atoms with Crippen LogP contribution in [0, 0.1) is 0 Å². The molecule has 190 valence electrons. The highest BCUT2D eigenvalue weighted by molar-refractivity contribution is 7.89. The van der Waals surface area contributed by atoms with Gasteiger partial charge in [-0.3, -0.25) is 0 Å². The first-order chi connectivity index (χ1) is 17.2. The van der Waals surface area contributed by atoms with Gasteiger partial charge in [-0.25, -0.2) is 16.8 Å². The molecule has 3 aromatic carbocycles. The molecule has 0 aromatic heterocycles. The first-order valence-corrected chi connectivity index (χ1v) is 15.1.